The summed E-state index contributed by atoms with van der Waals surface area (Å²) in [5.74, 6) is 1.58. The van der Waals surface area contributed by atoms with Gasteiger partial charge in [-0.2, -0.15) is 0 Å². The van der Waals surface area contributed by atoms with Crippen LogP contribution in [0.1, 0.15) is 22.7 Å². The number of rotatable bonds is 2. The van der Waals surface area contributed by atoms with Crippen LogP contribution in [0.2, 0.25) is 0 Å². The molecule has 0 bridgehead atoms. The molecule has 116 valence electrons. The van der Waals surface area contributed by atoms with Crippen LogP contribution in [-0.2, 0) is 9.84 Å². The standard InChI is InChI=1S/C14H20N2O4S/c1-11-2-3-13(20-11)14(17)16-7-5-15(6-8-16)12-4-9-21(18,19)10-12/h2-3,12H,4-10H2,1H3/t12-/m0/s1. The van der Waals surface area contributed by atoms with Crippen molar-refractivity contribution in [2.24, 2.45) is 0 Å². The average Bonchev–Trinajstić information content (AvgIpc) is 3.04. The van der Waals surface area contributed by atoms with Gasteiger partial charge in [0, 0.05) is 32.2 Å². The summed E-state index contributed by atoms with van der Waals surface area (Å²) >= 11 is 0. The highest BCUT2D eigenvalue weighted by Crippen LogP contribution is 2.20. The zero-order chi connectivity index (χ0) is 15.0. The molecule has 2 fully saturated rings. The second-order valence-electron chi connectivity index (χ2n) is 5.80. The predicted octanol–water partition coefficient (Wildman–Crippen LogP) is 0.533. The molecule has 1 amide bonds. The fourth-order valence-corrected chi connectivity index (χ4v) is 4.82. The molecule has 2 saturated heterocycles. The molecular formula is C14H20N2O4S. The van der Waals surface area contributed by atoms with Crippen LogP contribution in [0, 0.1) is 6.92 Å². The third kappa shape index (κ3) is 3.13. The fourth-order valence-electron chi connectivity index (χ4n) is 3.06. The number of sulfone groups is 1. The molecule has 6 nitrogen and oxygen atoms in total. The lowest BCUT2D eigenvalue weighted by Crippen LogP contribution is -2.52. The Kier molecular flexibility index (Phi) is 3.79. The van der Waals surface area contributed by atoms with Crippen LogP contribution in [-0.4, -0.2) is 67.9 Å². The Balaban J connectivity index is 1.57. The molecule has 0 saturated carbocycles. The molecule has 7 heteroatoms. The number of aryl methyl sites for hydroxylation is 1. The minimum Gasteiger partial charge on any atom is -0.456 e. The van der Waals surface area contributed by atoms with Crippen LogP contribution in [0.25, 0.3) is 0 Å². The van der Waals surface area contributed by atoms with Crippen LogP contribution in [0.3, 0.4) is 0 Å². The lowest BCUT2D eigenvalue weighted by molar-refractivity contribution is 0.0557. The van der Waals surface area contributed by atoms with E-state index in [1.807, 2.05) is 6.92 Å². The molecule has 1 aromatic heterocycles. The van der Waals surface area contributed by atoms with Crippen molar-refractivity contribution in [1.82, 2.24) is 9.80 Å². The smallest absolute Gasteiger partial charge is 0.289 e. The third-order valence-corrected chi connectivity index (χ3v) is 6.03. The Morgan fingerprint density at radius 2 is 1.95 bits per heavy atom. The van der Waals surface area contributed by atoms with Crippen molar-refractivity contribution in [1.29, 1.82) is 0 Å². The zero-order valence-electron chi connectivity index (χ0n) is 12.1. The quantitative estimate of drug-likeness (QED) is 0.797. The minimum atomic E-state index is -2.85. The molecule has 2 aliphatic rings. The molecule has 0 unspecified atom stereocenters. The average molecular weight is 312 g/mol. The van der Waals surface area contributed by atoms with E-state index in [0.29, 0.717) is 31.0 Å². The van der Waals surface area contributed by atoms with Gasteiger partial charge in [-0.1, -0.05) is 0 Å². The molecular weight excluding hydrogens is 292 g/mol. The Labute approximate surface area is 124 Å². The molecule has 2 aliphatic heterocycles. The van der Waals surface area contributed by atoms with E-state index in [9.17, 15) is 13.2 Å². The molecule has 3 heterocycles. The van der Waals surface area contributed by atoms with Crippen molar-refractivity contribution >= 4 is 15.7 Å². The molecule has 21 heavy (non-hydrogen) atoms. The molecule has 0 aliphatic carbocycles. The van der Waals surface area contributed by atoms with Gasteiger partial charge in [0.15, 0.2) is 15.6 Å². The van der Waals surface area contributed by atoms with Gasteiger partial charge in [-0.05, 0) is 25.5 Å². The maximum absolute atomic E-state index is 12.3. The van der Waals surface area contributed by atoms with E-state index in [4.69, 9.17) is 4.42 Å². The van der Waals surface area contributed by atoms with E-state index in [-0.39, 0.29) is 17.7 Å². The van der Waals surface area contributed by atoms with Gasteiger partial charge in [-0.15, -0.1) is 0 Å². The number of carbonyl (C=O) groups is 1. The number of nitrogens with zero attached hydrogens (tertiary/aromatic N) is 2. The highest BCUT2D eigenvalue weighted by Gasteiger charge is 2.34. The van der Waals surface area contributed by atoms with E-state index in [1.54, 1.807) is 17.0 Å². The van der Waals surface area contributed by atoms with Crippen LogP contribution >= 0.6 is 0 Å². The zero-order valence-corrected chi connectivity index (χ0v) is 12.9. The molecule has 1 aromatic rings. The lowest BCUT2D eigenvalue weighted by atomic mass is 10.2. The highest BCUT2D eigenvalue weighted by atomic mass is 32.2. The Hall–Kier alpha value is -1.34. The largest absolute Gasteiger partial charge is 0.456 e. The summed E-state index contributed by atoms with van der Waals surface area (Å²) in [6, 6.07) is 3.61. The Bertz CT molecular complexity index is 629. The summed E-state index contributed by atoms with van der Waals surface area (Å²) in [6.45, 7) is 4.51. The van der Waals surface area contributed by atoms with Crippen LogP contribution < -0.4 is 0 Å². The number of furan rings is 1. The molecule has 0 spiro atoms. The first-order chi connectivity index (χ1) is 9.94. The fraction of sp³-hybridized carbons (Fsp3) is 0.643. The van der Waals surface area contributed by atoms with Gasteiger partial charge in [0.25, 0.3) is 5.91 Å². The Morgan fingerprint density at radius 1 is 1.24 bits per heavy atom. The van der Waals surface area contributed by atoms with Gasteiger partial charge in [0.1, 0.15) is 5.76 Å². The molecule has 0 N–H and O–H groups in total. The number of amides is 1. The molecule has 0 aromatic carbocycles. The summed E-state index contributed by atoms with van der Waals surface area (Å²) in [4.78, 5) is 16.2. The van der Waals surface area contributed by atoms with Gasteiger partial charge < -0.3 is 9.32 Å². The van der Waals surface area contributed by atoms with Gasteiger partial charge in [-0.3, -0.25) is 9.69 Å². The third-order valence-electron chi connectivity index (χ3n) is 4.28. The molecule has 1 atom stereocenters. The lowest BCUT2D eigenvalue weighted by Gasteiger charge is -2.37. The Morgan fingerprint density at radius 3 is 2.48 bits per heavy atom. The van der Waals surface area contributed by atoms with Gasteiger partial charge >= 0.3 is 0 Å². The maximum atomic E-state index is 12.3. The first-order valence-electron chi connectivity index (χ1n) is 7.25. The van der Waals surface area contributed by atoms with Crippen molar-refractivity contribution in [3.8, 4) is 0 Å². The number of carbonyl (C=O) groups excluding carboxylic acids is 1. The summed E-state index contributed by atoms with van der Waals surface area (Å²) in [5.41, 5.74) is 0. The van der Waals surface area contributed by atoms with Crippen molar-refractivity contribution in [3.05, 3.63) is 23.7 Å². The second kappa shape index (κ2) is 5.46. The number of piperazine rings is 1. The molecule has 0 radical (unpaired) electrons. The van der Waals surface area contributed by atoms with E-state index < -0.39 is 9.84 Å². The monoisotopic (exact) mass is 312 g/mol. The van der Waals surface area contributed by atoms with Gasteiger partial charge in [0.2, 0.25) is 0 Å². The summed E-state index contributed by atoms with van der Waals surface area (Å²) in [7, 11) is -2.85. The van der Waals surface area contributed by atoms with Crippen molar-refractivity contribution in [3.63, 3.8) is 0 Å². The number of hydrogen-bond donors (Lipinski definition) is 0. The normalized spacial score (nSPS) is 26.1. The van der Waals surface area contributed by atoms with Crippen molar-refractivity contribution < 1.29 is 17.6 Å². The van der Waals surface area contributed by atoms with E-state index in [2.05, 4.69) is 4.90 Å². The predicted molar refractivity (Wildman–Crippen MR) is 78.0 cm³/mol. The second-order valence-corrected chi connectivity index (χ2v) is 8.02. The van der Waals surface area contributed by atoms with E-state index >= 15 is 0 Å². The van der Waals surface area contributed by atoms with E-state index in [0.717, 1.165) is 18.8 Å². The first kappa shape index (κ1) is 14.6. The minimum absolute atomic E-state index is 0.0817. The van der Waals surface area contributed by atoms with Crippen molar-refractivity contribution in [2.45, 2.75) is 19.4 Å². The summed E-state index contributed by atoms with van der Waals surface area (Å²) < 4.78 is 28.4. The van der Waals surface area contributed by atoms with Gasteiger partial charge in [0.05, 0.1) is 11.5 Å². The maximum Gasteiger partial charge on any atom is 0.289 e. The van der Waals surface area contributed by atoms with E-state index in [1.165, 1.54) is 0 Å². The highest BCUT2D eigenvalue weighted by molar-refractivity contribution is 7.91. The van der Waals surface area contributed by atoms with Crippen molar-refractivity contribution in [2.75, 3.05) is 37.7 Å². The van der Waals surface area contributed by atoms with Crippen LogP contribution in [0.15, 0.2) is 16.5 Å². The summed E-state index contributed by atoms with van der Waals surface area (Å²) in [6.07, 6.45) is 0.716. The summed E-state index contributed by atoms with van der Waals surface area (Å²) in [5, 5.41) is 0. The number of hydrogen-bond acceptors (Lipinski definition) is 5. The SMILES string of the molecule is Cc1ccc(C(=O)N2CCN([C@H]3CCS(=O)(=O)C3)CC2)o1. The topological polar surface area (TPSA) is 70.8 Å². The van der Waals surface area contributed by atoms with Crippen LogP contribution in [0.5, 0.6) is 0 Å². The first-order valence-corrected chi connectivity index (χ1v) is 9.07. The molecule has 3 rings (SSSR count). The van der Waals surface area contributed by atoms with Gasteiger partial charge in [-0.25, -0.2) is 8.42 Å². The van der Waals surface area contributed by atoms with Crippen LogP contribution in [0.4, 0.5) is 0 Å².